The van der Waals surface area contributed by atoms with Gasteiger partial charge in [0.25, 0.3) is 5.91 Å². The van der Waals surface area contributed by atoms with Gasteiger partial charge in [-0.25, -0.2) is 5.01 Å². The summed E-state index contributed by atoms with van der Waals surface area (Å²) in [5, 5.41) is 15.4. The highest BCUT2D eigenvalue weighted by molar-refractivity contribution is 8.15. The number of hydrogen-bond acceptors (Lipinski definition) is 6. The van der Waals surface area contributed by atoms with Gasteiger partial charge in [-0.2, -0.15) is 10.1 Å². The minimum atomic E-state index is -1.02. The van der Waals surface area contributed by atoms with Crippen molar-refractivity contribution in [1.82, 2.24) is 5.01 Å². The number of ether oxygens (including phenoxy) is 1. The number of aryl methyl sites for hydroxylation is 1. The lowest BCUT2D eigenvalue weighted by molar-refractivity contribution is -0.138. The molecule has 2 aromatic carbocycles. The van der Waals surface area contributed by atoms with Crippen LogP contribution in [-0.2, 0) is 16.0 Å². The van der Waals surface area contributed by atoms with E-state index in [-0.39, 0.29) is 12.5 Å². The van der Waals surface area contributed by atoms with E-state index in [0.29, 0.717) is 11.6 Å². The monoisotopic (exact) mass is 437 g/mol. The van der Waals surface area contributed by atoms with Gasteiger partial charge in [0.2, 0.25) is 0 Å². The number of methoxy groups -OCH3 is 1. The van der Waals surface area contributed by atoms with Crippen LogP contribution >= 0.6 is 11.8 Å². The van der Waals surface area contributed by atoms with Crippen LogP contribution in [0.3, 0.4) is 0 Å². The maximum Gasteiger partial charge on any atom is 0.305 e. The number of rotatable bonds is 6. The van der Waals surface area contributed by atoms with Gasteiger partial charge in [0.1, 0.15) is 11.0 Å². The first-order valence-corrected chi connectivity index (χ1v) is 11.0. The van der Waals surface area contributed by atoms with E-state index in [1.807, 2.05) is 24.3 Å². The molecule has 0 spiro atoms. The van der Waals surface area contributed by atoms with Crippen molar-refractivity contribution in [3.05, 3.63) is 65.2 Å². The Morgan fingerprint density at radius 1 is 1.19 bits per heavy atom. The van der Waals surface area contributed by atoms with Crippen LogP contribution in [0.5, 0.6) is 5.75 Å². The van der Waals surface area contributed by atoms with Crippen molar-refractivity contribution in [3.63, 3.8) is 0 Å². The smallest absolute Gasteiger partial charge is 0.305 e. The van der Waals surface area contributed by atoms with Crippen LogP contribution in [0.1, 0.15) is 42.5 Å². The first-order valence-electron chi connectivity index (χ1n) is 10.1. The Hall–Kier alpha value is -3.13. The zero-order chi connectivity index (χ0) is 22.0. The fraction of sp³-hybridized carbons (Fsp3) is 0.304. The summed E-state index contributed by atoms with van der Waals surface area (Å²) in [5.74, 6) is -0.669. The van der Waals surface area contributed by atoms with E-state index >= 15 is 0 Å². The second-order valence-electron chi connectivity index (χ2n) is 7.37. The maximum atomic E-state index is 12.3. The van der Waals surface area contributed by atoms with Gasteiger partial charge in [0, 0.05) is 6.42 Å². The number of amides is 1. The molecule has 0 unspecified atom stereocenters. The molecule has 0 aromatic heterocycles. The third-order valence-corrected chi connectivity index (χ3v) is 6.53. The van der Waals surface area contributed by atoms with Gasteiger partial charge < -0.3 is 9.84 Å². The number of carboxylic acids is 1. The third-order valence-electron chi connectivity index (χ3n) is 5.39. The summed E-state index contributed by atoms with van der Waals surface area (Å²) in [7, 11) is 1.62. The Kier molecular flexibility index (Phi) is 6.08. The van der Waals surface area contributed by atoms with Gasteiger partial charge in [-0.05, 0) is 47.4 Å². The normalized spacial score (nSPS) is 20.6. The van der Waals surface area contributed by atoms with Crippen molar-refractivity contribution in [2.75, 3.05) is 7.11 Å². The van der Waals surface area contributed by atoms with Gasteiger partial charge >= 0.3 is 5.97 Å². The lowest BCUT2D eigenvalue weighted by Gasteiger charge is -2.23. The standard InChI is InChI=1S/C23H23N3O4S/c1-3-14-4-6-16(7-5-14)19-12-18(15-8-10-17(30-2)11-9-15)25-26(19)23-24-22(29)20(31-23)13-21(27)28/h4-11,19-20H,3,12-13H2,1-2H3,(H,27,28)/t19-,20-/m1/s1. The number of benzene rings is 2. The van der Waals surface area contributed by atoms with Gasteiger partial charge in [0.15, 0.2) is 5.17 Å². The van der Waals surface area contributed by atoms with Crippen LogP contribution in [-0.4, -0.2) is 45.2 Å². The molecule has 2 aromatic rings. The van der Waals surface area contributed by atoms with Crippen molar-refractivity contribution in [3.8, 4) is 5.75 Å². The maximum absolute atomic E-state index is 12.3. The molecule has 0 radical (unpaired) electrons. The topological polar surface area (TPSA) is 91.6 Å². The van der Waals surface area contributed by atoms with E-state index in [9.17, 15) is 9.59 Å². The predicted octanol–water partition coefficient (Wildman–Crippen LogP) is 3.88. The number of aliphatic carboxylic acids is 1. The van der Waals surface area contributed by atoms with Gasteiger partial charge in [-0.1, -0.05) is 43.0 Å². The number of carbonyl (C=O) groups is 2. The molecule has 0 fully saturated rings. The molecular formula is C23H23N3O4S. The summed E-state index contributed by atoms with van der Waals surface area (Å²) in [6, 6.07) is 15.9. The largest absolute Gasteiger partial charge is 0.497 e. The number of nitrogens with zero attached hydrogens (tertiary/aromatic N) is 3. The van der Waals surface area contributed by atoms with Crippen LogP contribution in [0.2, 0.25) is 0 Å². The Balaban J connectivity index is 1.66. The molecule has 160 valence electrons. The summed E-state index contributed by atoms with van der Waals surface area (Å²) >= 11 is 1.17. The molecule has 0 saturated carbocycles. The van der Waals surface area contributed by atoms with Crippen LogP contribution in [0.15, 0.2) is 58.6 Å². The first kappa shape index (κ1) is 21.1. The number of aliphatic imine (C=N–C) groups is 1. The second-order valence-corrected chi connectivity index (χ2v) is 8.54. The Labute approximate surface area is 184 Å². The number of carbonyl (C=O) groups excluding carboxylic acids is 1. The van der Waals surface area contributed by atoms with Crippen LogP contribution in [0, 0.1) is 0 Å². The number of hydrogen-bond donors (Lipinski definition) is 1. The van der Waals surface area contributed by atoms with E-state index in [4.69, 9.17) is 14.9 Å². The molecule has 7 nitrogen and oxygen atoms in total. The Morgan fingerprint density at radius 3 is 2.52 bits per heavy atom. The molecule has 2 atom stereocenters. The highest BCUT2D eigenvalue weighted by Crippen LogP contribution is 2.38. The molecule has 2 heterocycles. The molecule has 8 heteroatoms. The van der Waals surface area contributed by atoms with Crippen molar-refractivity contribution in [2.24, 2.45) is 10.1 Å². The summed E-state index contributed by atoms with van der Waals surface area (Å²) in [4.78, 5) is 27.5. The zero-order valence-electron chi connectivity index (χ0n) is 17.3. The van der Waals surface area contributed by atoms with Crippen LogP contribution < -0.4 is 4.74 Å². The molecular weight excluding hydrogens is 414 g/mol. The molecule has 0 saturated heterocycles. The van der Waals surface area contributed by atoms with Crippen LogP contribution in [0.25, 0.3) is 0 Å². The molecule has 2 aliphatic heterocycles. The second kappa shape index (κ2) is 8.93. The minimum Gasteiger partial charge on any atom is -0.497 e. The van der Waals surface area contributed by atoms with E-state index in [2.05, 4.69) is 36.2 Å². The molecule has 1 N–H and O–H groups in total. The molecule has 1 amide bonds. The van der Waals surface area contributed by atoms with E-state index in [0.717, 1.165) is 29.0 Å². The fourth-order valence-electron chi connectivity index (χ4n) is 3.64. The lowest BCUT2D eigenvalue weighted by Crippen LogP contribution is -2.24. The SMILES string of the molecule is CCc1ccc([C@H]2CC(c3ccc(OC)cc3)=NN2C2=NC(=O)[C@@H](CC(=O)O)S2)cc1. The molecule has 31 heavy (non-hydrogen) atoms. The highest BCUT2D eigenvalue weighted by Gasteiger charge is 2.39. The molecule has 4 rings (SSSR count). The van der Waals surface area contributed by atoms with E-state index in [1.165, 1.54) is 17.3 Å². The molecule has 0 bridgehead atoms. The Morgan fingerprint density at radius 2 is 1.90 bits per heavy atom. The van der Waals surface area contributed by atoms with Gasteiger partial charge in [-0.15, -0.1) is 0 Å². The van der Waals surface area contributed by atoms with E-state index < -0.39 is 17.1 Å². The quantitative estimate of drug-likeness (QED) is 0.737. The van der Waals surface area contributed by atoms with Gasteiger partial charge in [-0.3, -0.25) is 9.59 Å². The highest BCUT2D eigenvalue weighted by atomic mass is 32.2. The average Bonchev–Trinajstić information content (AvgIpc) is 3.37. The summed E-state index contributed by atoms with van der Waals surface area (Å²) < 4.78 is 5.24. The summed E-state index contributed by atoms with van der Waals surface area (Å²) in [6.07, 6.45) is 1.35. The van der Waals surface area contributed by atoms with Crippen molar-refractivity contribution < 1.29 is 19.4 Å². The number of carboxylic acid groups (broad SMARTS) is 1. The van der Waals surface area contributed by atoms with Crippen molar-refractivity contribution in [1.29, 1.82) is 0 Å². The summed E-state index contributed by atoms with van der Waals surface area (Å²) in [5.41, 5.74) is 4.16. The predicted molar refractivity (Wildman–Crippen MR) is 121 cm³/mol. The first-order chi connectivity index (χ1) is 15.0. The number of thioether (sulfide) groups is 1. The van der Waals surface area contributed by atoms with E-state index in [1.54, 1.807) is 12.1 Å². The minimum absolute atomic E-state index is 0.120. The number of hydrazone groups is 1. The Bertz CT molecular complexity index is 1050. The van der Waals surface area contributed by atoms with Gasteiger partial charge in [0.05, 0.1) is 25.3 Å². The number of amidine groups is 1. The molecule has 2 aliphatic rings. The fourth-order valence-corrected chi connectivity index (χ4v) is 4.70. The zero-order valence-corrected chi connectivity index (χ0v) is 18.1. The molecule has 0 aliphatic carbocycles. The van der Waals surface area contributed by atoms with Crippen molar-refractivity contribution >= 4 is 34.5 Å². The summed E-state index contributed by atoms with van der Waals surface area (Å²) in [6.45, 7) is 2.11. The van der Waals surface area contributed by atoms with Crippen molar-refractivity contribution in [2.45, 2.75) is 37.5 Å². The van der Waals surface area contributed by atoms with Crippen LogP contribution in [0.4, 0.5) is 0 Å². The lowest BCUT2D eigenvalue weighted by atomic mass is 9.97. The third kappa shape index (κ3) is 4.49. The average molecular weight is 438 g/mol.